The number of hydrogen-bond donors (Lipinski definition) is 0. The lowest BCUT2D eigenvalue weighted by Crippen LogP contribution is -2.01. The highest BCUT2D eigenvalue weighted by Crippen LogP contribution is 2.06. The van der Waals surface area contributed by atoms with Crippen molar-refractivity contribution in [2.45, 2.75) is 6.92 Å². The first-order valence-corrected chi connectivity index (χ1v) is 3.87. The maximum atomic E-state index is 5.24. The molecule has 0 aromatic rings. The first kappa shape index (κ1) is 8.71. The Balaban J connectivity index is 2.68. The summed E-state index contributed by atoms with van der Waals surface area (Å²) in [6.45, 7) is 6.83. The van der Waals surface area contributed by atoms with Gasteiger partial charge in [-0.2, -0.15) is 0 Å². The number of rotatable bonds is 3. The molecule has 0 saturated heterocycles. The Morgan fingerprint density at radius 2 is 2.58 bits per heavy atom. The minimum atomic E-state index is 0.635. The van der Waals surface area contributed by atoms with Crippen LogP contribution in [0.15, 0.2) is 34.4 Å². The van der Waals surface area contributed by atoms with Crippen LogP contribution in [0.4, 0.5) is 0 Å². The van der Waals surface area contributed by atoms with Gasteiger partial charge in [0.1, 0.15) is 12.3 Å². The molecule has 1 heterocycles. The molecule has 0 unspecified atom stereocenters. The number of allylic oxidation sites excluding steroid dienone is 2. The van der Waals surface area contributed by atoms with E-state index in [-0.39, 0.29) is 0 Å². The highest BCUT2D eigenvalue weighted by Gasteiger charge is 2.10. The fourth-order valence-electron chi connectivity index (χ4n) is 0.876. The van der Waals surface area contributed by atoms with Crippen LogP contribution >= 0.6 is 0 Å². The Labute approximate surface area is 72.2 Å². The van der Waals surface area contributed by atoms with Gasteiger partial charge in [0.25, 0.3) is 0 Å². The summed E-state index contributed by atoms with van der Waals surface area (Å²) in [5.74, 6) is 0.635. The normalized spacial score (nSPS) is 17.8. The predicted octanol–water partition coefficient (Wildman–Crippen LogP) is 1.58. The van der Waals surface area contributed by atoms with Crippen LogP contribution in [0.1, 0.15) is 6.92 Å². The zero-order valence-electron chi connectivity index (χ0n) is 7.16. The molecule has 12 heavy (non-hydrogen) atoms. The highest BCUT2D eigenvalue weighted by atomic mass is 16.5. The summed E-state index contributed by atoms with van der Waals surface area (Å²) in [6.07, 6.45) is 5.11. The maximum absolute atomic E-state index is 5.24. The van der Waals surface area contributed by atoms with Gasteiger partial charge >= 0.3 is 0 Å². The quantitative estimate of drug-likeness (QED) is 0.583. The van der Waals surface area contributed by atoms with E-state index in [4.69, 9.17) is 4.74 Å². The largest absolute Gasteiger partial charge is 0.474 e. The van der Waals surface area contributed by atoms with Crippen molar-refractivity contribution in [1.29, 1.82) is 0 Å². The Morgan fingerprint density at radius 1 is 1.75 bits per heavy atom. The molecule has 0 radical (unpaired) electrons. The second kappa shape index (κ2) is 4.49. The maximum Gasteiger partial charge on any atom is 0.235 e. The van der Waals surface area contributed by atoms with Gasteiger partial charge in [0, 0.05) is 6.21 Å². The van der Waals surface area contributed by atoms with Gasteiger partial charge < -0.3 is 4.74 Å². The average molecular weight is 164 g/mol. The molecule has 0 atom stereocenters. The van der Waals surface area contributed by atoms with E-state index in [0.29, 0.717) is 12.5 Å². The molecule has 1 aliphatic heterocycles. The molecule has 0 fully saturated rings. The van der Waals surface area contributed by atoms with Gasteiger partial charge in [-0.1, -0.05) is 18.7 Å². The van der Waals surface area contributed by atoms with Gasteiger partial charge in [-0.15, -0.1) is 0 Å². The van der Waals surface area contributed by atoms with Crippen molar-refractivity contribution >= 4 is 12.1 Å². The first-order chi connectivity index (χ1) is 5.88. The van der Waals surface area contributed by atoms with Crippen LogP contribution in [0, 0.1) is 0 Å². The third-order valence-corrected chi connectivity index (χ3v) is 1.40. The molecule has 0 saturated carbocycles. The molecule has 0 N–H and O–H groups in total. The smallest absolute Gasteiger partial charge is 0.235 e. The Morgan fingerprint density at radius 3 is 3.08 bits per heavy atom. The van der Waals surface area contributed by atoms with Gasteiger partial charge in [0.2, 0.25) is 5.90 Å². The summed E-state index contributed by atoms with van der Waals surface area (Å²) in [6, 6.07) is 0. The zero-order chi connectivity index (χ0) is 8.81. The average Bonchev–Trinajstić information content (AvgIpc) is 2.59. The van der Waals surface area contributed by atoms with E-state index < -0.39 is 0 Å². The molecule has 64 valence electrons. The van der Waals surface area contributed by atoms with Crippen LogP contribution < -0.4 is 0 Å². The van der Waals surface area contributed by atoms with E-state index in [0.717, 1.165) is 12.2 Å². The molecule has 3 heteroatoms. The van der Waals surface area contributed by atoms with Crippen molar-refractivity contribution in [2.24, 2.45) is 9.98 Å². The van der Waals surface area contributed by atoms with Crippen molar-refractivity contribution in [2.75, 3.05) is 13.2 Å². The van der Waals surface area contributed by atoms with Crippen LogP contribution in [0.2, 0.25) is 0 Å². The molecule has 0 aromatic carbocycles. The minimum Gasteiger partial charge on any atom is -0.474 e. The predicted molar refractivity (Wildman–Crippen MR) is 50.7 cm³/mol. The number of nitrogens with zero attached hydrogens (tertiary/aromatic N) is 2. The van der Waals surface area contributed by atoms with E-state index in [1.807, 2.05) is 13.0 Å². The fraction of sp³-hybridized carbons (Fsp3) is 0.333. The molecule has 0 aromatic heterocycles. The molecular formula is C9H12N2O. The lowest BCUT2D eigenvalue weighted by Gasteiger charge is -1.99. The molecule has 0 bridgehead atoms. The second-order valence-corrected chi connectivity index (χ2v) is 2.22. The summed E-state index contributed by atoms with van der Waals surface area (Å²) in [7, 11) is 0. The number of hydrogen-bond acceptors (Lipinski definition) is 3. The molecule has 0 spiro atoms. The van der Waals surface area contributed by atoms with Crippen LogP contribution in [-0.2, 0) is 4.74 Å². The van der Waals surface area contributed by atoms with Gasteiger partial charge in [-0.25, -0.2) is 4.99 Å². The van der Waals surface area contributed by atoms with Gasteiger partial charge in [-0.05, 0) is 6.92 Å². The Bertz CT molecular complexity index is 251. The topological polar surface area (TPSA) is 34.0 Å². The summed E-state index contributed by atoms with van der Waals surface area (Å²) < 4.78 is 5.24. The van der Waals surface area contributed by atoms with Crippen LogP contribution in [0.25, 0.3) is 0 Å². The highest BCUT2D eigenvalue weighted by molar-refractivity contribution is 5.95. The molecule has 1 rings (SSSR count). The van der Waals surface area contributed by atoms with Crippen molar-refractivity contribution in [3.63, 3.8) is 0 Å². The number of ether oxygens (including phenoxy) is 1. The third kappa shape index (κ3) is 2.05. The van der Waals surface area contributed by atoms with E-state index in [1.54, 1.807) is 12.3 Å². The van der Waals surface area contributed by atoms with Crippen molar-refractivity contribution in [3.8, 4) is 0 Å². The molecule has 1 aliphatic rings. The molecular weight excluding hydrogens is 152 g/mol. The summed E-state index contributed by atoms with van der Waals surface area (Å²) in [4.78, 5) is 8.24. The summed E-state index contributed by atoms with van der Waals surface area (Å²) >= 11 is 0. The SMILES string of the molecule is C=C/C=N\C(=C/C)C1=NCCO1. The Kier molecular flexibility index (Phi) is 3.26. The van der Waals surface area contributed by atoms with Crippen LogP contribution in [0.5, 0.6) is 0 Å². The zero-order valence-corrected chi connectivity index (χ0v) is 7.16. The van der Waals surface area contributed by atoms with Crippen molar-refractivity contribution < 1.29 is 4.74 Å². The van der Waals surface area contributed by atoms with Gasteiger partial charge in [0.15, 0.2) is 0 Å². The number of aliphatic imine (C=N–C) groups is 2. The monoisotopic (exact) mass is 164 g/mol. The lowest BCUT2D eigenvalue weighted by molar-refractivity contribution is 0.347. The van der Waals surface area contributed by atoms with Crippen molar-refractivity contribution in [3.05, 3.63) is 24.4 Å². The van der Waals surface area contributed by atoms with Crippen molar-refractivity contribution in [1.82, 2.24) is 0 Å². The molecule has 0 amide bonds. The van der Waals surface area contributed by atoms with Gasteiger partial charge in [0.05, 0.1) is 6.54 Å². The lowest BCUT2D eigenvalue weighted by atomic mass is 10.4. The summed E-state index contributed by atoms with van der Waals surface area (Å²) in [5, 5.41) is 0. The molecule has 3 nitrogen and oxygen atoms in total. The molecule has 0 aliphatic carbocycles. The van der Waals surface area contributed by atoms with Gasteiger partial charge in [-0.3, -0.25) is 4.99 Å². The van der Waals surface area contributed by atoms with E-state index in [9.17, 15) is 0 Å². The van der Waals surface area contributed by atoms with E-state index >= 15 is 0 Å². The summed E-state index contributed by atoms with van der Waals surface area (Å²) in [5.41, 5.74) is 0.771. The third-order valence-electron chi connectivity index (χ3n) is 1.40. The van der Waals surface area contributed by atoms with Crippen LogP contribution in [-0.4, -0.2) is 25.3 Å². The van der Waals surface area contributed by atoms with Crippen LogP contribution in [0.3, 0.4) is 0 Å². The minimum absolute atomic E-state index is 0.635. The second-order valence-electron chi connectivity index (χ2n) is 2.22. The first-order valence-electron chi connectivity index (χ1n) is 3.87. The fourth-order valence-corrected chi connectivity index (χ4v) is 0.876. The standard InChI is InChI=1S/C9H12N2O/c1-3-5-10-8(4-2)9-11-6-7-12-9/h3-5H,1,6-7H2,2H3/b8-4-,10-5-. The van der Waals surface area contributed by atoms with E-state index in [2.05, 4.69) is 16.6 Å². The Hall–Kier alpha value is -1.38. The van der Waals surface area contributed by atoms with E-state index in [1.165, 1.54) is 0 Å².